The van der Waals surface area contributed by atoms with Gasteiger partial charge in [-0.2, -0.15) is 0 Å². The van der Waals surface area contributed by atoms with Gasteiger partial charge in [0.15, 0.2) is 5.76 Å². The molecule has 0 saturated carbocycles. The lowest BCUT2D eigenvalue weighted by atomic mass is 10.2. The van der Waals surface area contributed by atoms with Crippen molar-refractivity contribution in [2.45, 2.75) is 13.2 Å². The molecule has 0 atom stereocenters. The zero-order valence-electron chi connectivity index (χ0n) is 11.3. The van der Waals surface area contributed by atoms with Crippen LogP contribution in [0.15, 0.2) is 35.0 Å². The summed E-state index contributed by atoms with van der Waals surface area (Å²) < 4.78 is 28.8. The second kappa shape index (κ2) is 7.62. The van der Waals surface area contributed by atoms with Crippen LogP contribution in [0.3, 0.4) is 0 Å². The summed E-state index contributed by atoms with van der Waals surface area (Å²) in [4.78, 5) is 0. The topological polar surface area (TPSA) is 56.5 Å². The van der Waals surface area contributed by atoms with Gasteiger partial charge in [-0.15, -0.1) is 0 Å². The molecule has 0 radical (unpaired) electrons. The zero-order chi connectivity index (χ0) is 14.2. The summed E-state index contributed by atoms with van der Waals surface area (Å²) in [6, 6.07) is 6.16. The second-order valence-electron chi connectivity index (χ2n) is 4.19. The average molecular weight is 280 g/mol. The minimum absolute atomic E-state index is 0.261. The fourth-order valence-electron chi connectivity index (χ4n) is 1.69. The molecule has 0 amide bonds. The molecule has 108 valence electrons. The molecule has 0 aliphatic rings. The van der Waals surface area contributed by atoms with E-state index in [1.807, 2.05) is 0 Å². The number of benzene rings is 1. The van der Waals surface area contributed by atoms with E-state index in [-0.39, 0.29) is 12.4 Å². The van der Waals surface area contributed by atoms with Gasteiger partial charge in [-0.25, -0.2) is 4.39 Å². The van der Waals surface area contributed by atoms with E-state index in [2.05, 4.69) is 10.5 Å². The van der Waals surface area contributed by atoms with Gasteiger partial charge < -0.3 is 19.3 Å². The number of nitrogens with zero attached hydrogens (tertiary/aromatic N) is 1. The van der Waals surface area contributed by atoms with Crippen LogP contribution in [0.4, 0.5) is 4.39 Å². The Kier molecular flexibility index (Phi) is 5.52. The molecule has 0 unspecified atom stereocenters. The predicted molar refractivity (Wildman–Crippen MR) is 70.8 cm³/mol. The third kappa shape index (κ3) is 4.32. The van der Waals surface area contributed by atoms with Crippen molar-refractivity contribution in [1.29, 1.82) is 0 Å². The van der Waals surface area contributed by atoms with E-state index in [1.54, 1.807) is 25.4 Å². The molecule has 0 aliphatic carbocycles. The van der Waals surface area contributed by atoms with Gasteiger partial charge in [-0.3, -0.25) is 0 Å². The van der Waals surface area contributed by atoms with Crippen LogP contribution in [-0.4, -0.2) is 25.4 Å². The first kappa shape index (κ1) is 14.5. The minimum atomic E-state index is -0.291. The molecular formula is C14H17FN2O3. The van der Waals surface area contributed by atoms with Crippen LogP contribution >= 0.6 is 0 Å². The number of hydrogen-bond acceptors (Lipinski definition) is 5. The van der Waals surface area contributed by atoms with E-state index in [0.29, 0.717) is 31.2 Å². The molecule has 0 spiro atoms. The Labute approximate surface area is 116 Å². The first-order valence-electron chi connectivity index (χ1n) is 6.30. The monoisotopic (exact) mass is 280 g/mol. The number of hydrogen-bond donors (Lipinski definition) is 1. The number of rotatable bonds is 8. The second-order valence-corrected chi connectivity index (χ2v) is 4.19. The van der Waals surface area contributed by atoms with Crippen LogP contribution in [-0.2, 0) is 17.9 Å². The summed E-state index contributed by atoms with van der Waals surface area (Å²) in [5.74, 6) is 0.945. The predicted octanol–water partition coefficient (Wildman–Crippen LogP) is 2.13. The van der Waals surface area contributed by atoms with Gasteiger partial charge >= 0.3 is 0 Å². The summed E-state index contributed by atoms with van der Waals surface area (Å²) in [5, 5.41) is 6.76. The van der Waals surface area contributed by atoms with E-state index in [4.69, 9.17) is 14.0 Å². The summed E-state index contributed by atoms with van der Waals surface area (Å²) in [6.07, 6.45) is 1.55. The molecule has 2 rings (SSSR count). The third-order valence-corrected chi connectivity index (χ3v) is 2.68. The van der Waals surface area contributed by atoms with Crippen LogP contribution in [0.5, 0.6) is 5.75 Å². The first-order valence-corrected chi connectivity index (χ1v) is 6.30. The molecule has 1 aromatic carbocycles. The lowest BCUT2D eigenvalue weighted by Gasteiger charge is -2.11. The lowest BCUT2D eigenvalue weighted by molar-refractivity contribution is 0.198. The van der Waals surface area contributed by atoms with E-state index in [0.717, 1.165) is 5.56 Å². The molecule has 1 heterocycles. The van der Waals surface area contributed by atoms with Gasteiger partial charge in [0.25, 0.3) is 0 Å². The first-order chi connectivity index (χ1) is 9.79. The molecule has 0 bridgehead atoms. The van der Waals surface area contributed by atoms with E-state index in [1.165, 1.54) is 12.1 Å². The average Bonchev–Trinajstić information content (AvgIpc) is 2.96. The molecule has 20 heavy (non-hydrogen) atoms. The van der Waals surface area contributed by atoms with Crippen LogP contribution in [0.25, 0.3) is 0 Å². The minimum Gasteiger partial charge on any atom is -0.485 e. The quantitative estimate of drug-likeness (QED) is 0.751. The fourth-order valence-corrected chi connectivity index (χ4v) is 1.69. The molecule has 5 nitrogen and oxygen atoms in total. The molecule has 1 N–H and O–H groups in total. The van der Waals surface area contributed by atoms with Gasteiger partial charge in [0.1, 0.15) is 18.2 Å². The van der Waals surface area contributed by atoms with Crippen LogP contribution < -0.4 is 10.1 Å². The Morgan fingerprint density at radius 2 is 2.25 bits per heavy atom. The van der Waals surface area contributed by atoms with Crippen molar-refractivity contribution < 1.29 is 18.4 Å². The molecule has 1 aromatic heterocycles. The largest absolute Gasteiger partial charge is 0.485 e. The summed E-state index contributed by atoms with van der Waals surface area (Å²) in [7, 11) is 1.63. The van der Waals surface area contributed by atoms with Crippen molar-refractivity contribution in [2.24, 2.45) is 0 Å². The summed E-state index contributed by atoms with van der Waals surface area (Å²) >= 11 is 0. The maximum atomic E-state index is 13.3. The smallest absolute Gasteiger partial charge is 0.174 e. The summed E-state index contributed by atoms with van der Waals surface area (Å²) in [5.41, 5.74) is 0.751. The number of nitrogens with one attached hydrogen (secondary N) is 1. The van der Waals surface area contributed by atoms with Gasteiger partial charge in [-0.05, 0) is 18.2 Å². The SMILES string of the molecule is COCCNCc1cc(F)ccc1OCc1ccno1. The highest BCUT2D eigenvalue weighted by Gasteiger charge is 2.07. The maximum absolute atomic E-state index is 13.3. The third-order valence-electron chi connectivity index (χ3n) is 2.68. The Hall–Kier alpha value is -1.92. The van der Waals surface area contributed by atoms with Crippen molar-refractivity contribution in [2.75, 3.05) is 20.3 Å². The van der Waals surface area contributed by atoms with Gasteiger partial charge in [-0.1, -0.05) is 5.16 Å². The highest BCUT2D eigenvalue weighted by atomic mass is 19.1. The number of ether oxygens (including phenoxy) is 2. The van der Waals surface area contributed by atoms with Crippen molar-refractivity contribution in [3.63, 3.8) is 0 Å². The Balaban J connectivity index is 1.95. The standard InChI is InChI=1S/C14H17FN2O3/c1-18-7-6-16-9-11-8-12(15)2-3-14(11)19-10-13-4-5-17-20-13/h2-5,8,16H,6-7,9-10H2,1H3. The fraction of sp³-hybridized carbons (Fsp3) is 0.357. The summed E-state index contributed by atoms with van der Waals surface area (Å²) in [6.45, 7) is 2.06. The highest BCUT2D eigenvalue weighted by Crippen LogP contribution is 2.20. The lowest BCUT2D eigenvalue weighted by Crippen LogP contribution is -2.19. The van der Waals surface area contributed by atoms with Gasteiger partial charge in [0, 0.05) is 31.8 Å². The molecule has 0 fully saturated rings. The van der Waals surface area contributed by atoms with E-state index in [9.17, 15) is 4.39 Å². The van der Waals surface area contributed by atoms with Crippen molar-refractivity contribution in [1.82, 2.24) is 10.5 Å². The molecule has 0 saturated heterocycles. The van der Waals surface area contributed by atoms with Gasteiger partial charge in [0.2, 0.25) is 0 Å². The Morgan fingerprint density at radius 3 is 3.00 bits per heavy atom. The number of methoxy groups -OCH3 is 1. The maximum Gasteiger partial charge on any atom is 0.174 e. The van der Waals surface area contributed by atoms with Crippen LogP contribution in [0, 0.1) is 5.82 Å². The van der Waals surface area contributed by atoms with Crippen LogP contribution in [0.1, 0.15) is 11.3 Å². The molecule has 2 aromatic rings. The Bertz CT molecular complexity index is 517. The Morgan fingerprint density at radius 1 is 1.35 bits per heavy atom. The molecular weight excluding hydrogens is 263 g/mol. The van der Waals surface area contributed by atoms with E-state index < -0.39 is 0 Å². The molecule has 6 heteroatoms. The highest BCUT2D eigenvalue weighted by molar-refractivity contribution is 5.34. The molecule has 0 aliphatic heterocycles. The van der Waals surface area contributed by atoms with Crippen molar-refractivity contribution >= 4 is 0 Å². The van der Waals surface area contributed by atoms with Crippen molar-refractivity contribution in [3.8, 4) is 5.75 Å². The van der Waals surface area contributed by atoms with E-state index >= 15 is 0 Å². The van der Waals surface area contributed by atoms with Gasteiger partial charge in [0.05, 0.1) is 12.8 Å². The number of aromatic nitrogens is 1. The van der Waals surface area contributed by atoms with Crippen LogP contribution in [0.2, 0.25) is 0 Å². The van der Waals surface area contributed by atoms with Crippen molar-refractivity contribution in [3.05, 3.63) is 47.6 Å². The normalized spacial score (nSPS) is 10.7. The zero-order valence-corrected chi connectivity index (χ0v) is 11.3. The number of halogens is 1.